The number of nitrogens with zero attached hydrogens (tertiary/aromatic N) is 5. The zero-order chi connectivity index (χ0) is 17.6. The summed E-state index contributed by atoms with van der Waals surface area (Å²) in [4.78, 5) is 19.4. The van der Waals surface area contributed by atoms with E-state index in [4.69, 9.17) is 4.74 Å². The van der Waals surface area contributed by atoms with Crippen LogP contribution in [0.4, 0.5) is 5.82 Å². The summed E-state index contributed by atoms with van der Waals surface area (Å²) in [7, 11) is 0. The Morgan fingerprint density at radius 1 is 1.00 bits per heavy atom. The van der Waals surface area contributed by atoms with E-state index in [1.54, 1.807) is 18.7 Å². The molecule has 3 aromatic rings. The zero-order valence-electron chi connectivity index (χ0n) is 14.5. The molecule has 0 bridgehead atoms. The second-order valence-electron chi connectivity index (χ2n) is 6.41. The van der Waals surface area contributed by atoms with E-state index in [1.807, 2.05) is 42.6 Å². The van der Waals surface area contributed by atoms with Crippen molar-refractivity contribution in [2.45, 2.75) is 12.8 Å². The maximum Gasteiger partial charge on any atom is 0.216 e. The molecule has 0 atom stereocenters. The fraction of sp³-hybridized carbons (Fsp3) is 0.300. The van der Waals surface area contributed by atoms with Crippen LogP contribution in [0.15, 0.2) is 61.3 Å². The first-order valence-corrected chi connectivity index (χ1v) is 8.90. The van der Waals surface area contributed by atoms with Gasteiger partial charge in [0.25, 0.3) is 0 Å². The van der Waals surface area contributed by atoms with Gasteiger partial charge in [0.1, 0.15) is 12.1 Å². The minimum absolute atomic E-state index is 0.526. The molecule has 1 aliphatic rings. The van der Waals surface area contributed by atoms with Gasteiger partial charge in [-0.15, -0.1) is 0 Å². The van der Waals surface area contributed by atoms with Gasteiger partial charge in [-0.1, -0.05) is 30.3 Å². The smallest absolute Gasteiger partial charge is 0.216 e. The van der Waals surface area contributed by atoms with E-state index < -0.39 is 0 Å². The van der Waals surface area contributed by atoms with Crippen LogP contribution in [0, 0.1) is 5.92 Å². The molecule has 3 heterocycles. The van der Waals surface area contributed by atoms with Crippen LogP contribution in [0.3, 0.4) is 0 Å². The Kier molecular flexibility index (Phi) is 5.00. The summed E-state index contributed by atoms with van der Waals surface area (Å²) in [5, 5.41) is 0. The lowest BCUT2D eigenvalue weighted by Gasteiger charge is -2.32. The Labute approximate surface area is 152 Å². The van der Waals surface area contributed by atoms with Crippen LogP contribution in [-0.4, -0.2) is 39.6 Å². The van der Waals surface area contributed by atoms with Crippen molar-refractivity contribution in [3.8, 4) is 17.1 Å². The number of piperidine rings is 1. The molecule has 1 saturated heterocycles. The third-order valence-electron chi connectivity index (χ3n) is 4.67. The van der Waals surface area contributed by atoms with Crippen molar-refractivity contribution in [2.75, 3.05) is 24.6 Å². The van der Waals surface area contributed by atoms with E-state index >= 15 is 0 Å². The number of hydrogen-bond acceptors (Lipinski definition) is 6. The van der Waals surface area contributed by atoms with E-state index in [1.165, 1.54) is 0 Å². The first kappa shape index (κ1) is 16.4. The van der Waals surface area contributed by atoms with Crippen LogP contribution in [-0.2, 0) is 0 Å². The number of ether oxygens (including phenoxy) is 1. The molecular formula is C20H21N5O. The normalized spacial score (nSPS) is 15.0. The maximum atomic E-state index is 5.95. The van der Waals surface area contributed by atoms with Crippen LogP contribution in [0.25, 0.3) is 11.3 Å². The van der Waals surface area contributed by atoms with Crippen molar-refractivity contribution >= 4 is 5.82 Å². The molecule has 1 aliphatic heterocycles. The summed E-state index contributed by atoms with van der Waals surface area (Å²) in [5.41, 5.74) is 1.95. The average molecular weight is 347 g/mol. The van der Waals surface area contributed by atoms with Gasteiger partial charge in [0.2, 0.25) is 5.88 Å². The predicted molar refractivity (Wildman–Crippen MR) is 99.9 cm³/mol. The molecule has 0 unspecified atom stereocenters. The highest BCUT2D eigenvalue weighted by molar-refractivity contribution is 5.59. The molecule has 132 valence electrons. The average Bonchev–Trinajstić information content (AvgIpc) is 2.74. The number of aromatic nitrogens is 4. The van der Waals surface area contributed by atoms with Gasteiger partial charge in [-0.05, 0) is 18.8 Å². The standard InChI is InChI=1S/C20H21N5O/c1-2-4-17(5-3-1)18-12-20(24-15-23-18)26-14-16-6-10-25(11-7-16)19-13-21-8-9-22-19/h1-5,8-9,12-13,15-16H,6-7,10-11,14H2. The van der Waals surface area contributed by atoms with Gasteiger partial charge in [-0.2, -0.15) is 0 Å². The molecule has 0 aliphatic carbocycles. The van der Waals surface area contributed by atoms with Crippen LogP contribution in [0.1, 0.15) is 12.8 Å². The number of anilines is 1. The van der Waals surface area contributed by atoms with E-state index in [-0.39, 0.29) is 0 Å². The quantitative estimate of drug-likeness (QED) is 0.706. The lowest BCUT2D eigenvalue weighted by Crippen LogP contribution is -2.36. The van der Waals surface area contributed by atoms with Gasteiger partial charge in [0.15, 0.2) is 0 Å². The van der Waals surface area contributed by atoms with Gasteiger partial charge in [-0.25, -0.2) is 15.0 Å². The van der Waals surface area contributed by atoms with E-state index in [2.05, 4.69) is 24.8 Å². The lowest BCUT2D eigenvalue weighted by atomic mass is 9.98. The fourth-order valence-corrected chi connectivity index (χ4v) is 3.17. The summed E-state index contributed by atoms with van der Waals surface area (Å²) in [6, 6.07) is 12.0. The molecule has 26 heavy (non-hydrogen) atoms. The molecule has 0 spiro atoms. The fourth-order valence-electron chi connectivity index (χ4n) is 3.17. The molecule has 6 heteroatoms. The summed E-state index contributed by atoms with van der Waals surface area (Å²) >= 11 is 0. The van der Waals surface area contributed by atoms with Crippen molar-refractivity contribution in [1.29, 1.82) is 0 Å². The minimum Gasteiger partial charge on any atom is -0.477 e. The van der Waals surface area contributed by atoms with Crippen LogP contribution < -0.4 is 9.64 Å². The first-order chi connectivity index (χ1) is 12.9. The van der Waals surface area contributed by atoms with Crippen molar-refractivity contribution < 1.29 is 4.74 Å². The topological polar surface area (TPSA) is 64.0 Å². The maximum absolute atomic E-state index is 5.95. The highest BCUT2D eigenvalue weighted by Gasteiger charge is 2.21. The molecular weight excluding hydrogens is 326 g/mol. The number of rotatable bonds is 5. The summed E-state index contributed by atoms with van der Waals surface area (Å²) in [6.45, 7) is 2.64. The molecule has 0 saturated carbocycles. The van der Waals surface area contributed by atoms with Crippen molar-refractivity contribution in [3.05, 3.63) is 61.3 Å². The van der Waals surface area contributed by atoms with Crippen LogP contribution in [0.5, 0.6) is 5.88 Å². The first-order valence-electron chi connectivity index (χ1n) is 8.90. The van der Waals surface area contributed by atoms with Crippen molar-refractivity contribution in [2.24, 2.45) is 5.92 Å². The van der Waals surface area contributed by atoms with Gasteiger partial charge in [-0.3, -0.25) is 4.98 Å². The van der Waals surface area contributed by atoms with E-state index in [9.17, 15) is 0 Å². The third kappa shape index (κ3) is 3.96. The van der Waals surface area contributed by atoms with Gasteiger partial charge < -0.3 is 9.64 Å². The van der Waals surface area contributed by atoms with Crippen LogP contribution in [0.2, 0.25) is 0 Å². The Bertz CT molecular complexity index is 820. The second-order valence-corrected chi connectivity index (χ2v) is 6.41. The Morgan fingerprint density at radius 3 is 2.62 bits per heavy atom. The van der Waals surface area contributed by atoms with Crippen LogP contribution >= 0.6 is 0 Å². The molecule has 6 nitrogen and oxygen atoms in total. The molecule has 0 amide bonds. The molecule has 2 aromatic heterocycles. The largest absolute Gasteiger partial charge is 0.477 e. The monoisotopic (exact) mass is 347 g/mol. The van der Waals surface area contributed by atoms with Gasteiger partial charge >= 0.3 is 0 Å². The SMILES string of the molecule is c1ccc(-c2cc(OCC3CCN(c4cnccn4)CC3)ncn2)cc1. The predicted octanol–water partition coefficient (Wildman–Crippen LogP) is 3.23. The third-order valence-corrected chi connectivity index (χ3v) is 4.67. The van der Waals surface area contributed by atoms with Crippen molar-refractivity contribution in [1.82, 2.24) is 19.9 Å². The summed E-state index contributed by atoms with van der Waals surface area (Å²) < 4.78 is 5.95. The van der Waals surface area contributed by atoms with E-state index in [0.717, 1.165) is 43.0 Å². The molecule has 0 radical (unpaired) electrons. The number of benzene rings is 1. The highest BCUT2D eigenvalue weighted by Crippen LogP contribution is 2.23. The molecule has 0 N–H and O–H groups in total. The highest BCUT2D eigenvalue weighted by atomic mass is 16.5. The summed E-state index contributed by atoms with van der Waals surface area (Å²) in [6.07, 6.45) is 8.98. The Balaban J connectivity index is 1.31. The molecule has 4 rings (SSSR count). The zero-order valence-corrected chi connectivity index (χ0v) is 14.5. The molecule has 1 aromatic carbocycles. The van der Waals surface area contributed by atoms with E-state index in [0.29, 0.717) is 18.4 Å². The lowest BCUT2D eigenvalue weighted by molar-refractivity contribution is 0.215. The minimum atomic E-state index is 0.526. The Hall–Kier alpha value is -3.02. The van der Waals surface area contributed by atoms with Gasteiger partial charge in [0.05, 0.1) is 18.5 Å². The summed E-state index contributed by atoms with van der Waals surface area (Å²) in [5.74, 6) is 2.11. The van der Waals surface area contributed by atoms with Crippen molar-refractivity contribution in [3.63, 3.8) is 0 Å². The van der Waals surface area contributed by atoms with Gasteiger partial charge in [0, 0.05) is 37.1 Å². The second kappa shape index (κ2) is 7.91. The Morgan fingerprint density at radius 2 is 1.85 bits per heavy atom. The number of hydrogen-bond donors (Lipinski definition) is 0. The molecule has 1 fully saturated rings.